The van der Waals surface area contributed by atoms with Gasteiger partial charge in [0.15, 0.2) is 0 Å². The number of amides is 1. The minimum Gasteiger partial charge on any atom is -0.352 e. The zero-order valence-electron chi connectivity index (χ0n) is 16.0. The molecule has 1 aliphatic carbocycles. The summed E-state index contributed by atoms with van der Waals surface area (Å²) in [6, 6.07) is 6.33. The molecule has 6 heteroatoms. The first-order valence-electron chi connectivity index (χ1n) is 10.1. The van der Waals surface area contributed by atoms with Gasteiger partial charge in [-0.1, -0.05) is 24.5 Å². The first-order chi connectivity index (χ1) is 13.1. The second kappa shape index (κ2) is 9.51. The van der Waals surface area contributed by atoms with E-state index in [1.165, 1.54) is 18.4 Å². The van der Waals surface area contributed by atoms with Crippen LogP contribution in [0.25, 0.3) is 0 Å². The van der Waals surface area contributed by atoms with Crippen LogP contribution in [0.15, 0.2) is 40.8 Å². The molecule has 1 N–H and O–H groups in total. The van der Waals surface area contributed by atoms with Gasteiger partial charge in [-0.3, -0.25) is 4.79 Å². The topological polar surface area (TPSA) is 66.5 Å². The Morgan fingerprint density at radius 3 is 2.30 bits per heavy atom. The summed E-state index contributed by atoms with van der Waals surface area (Å²) in [4.78, 5) is 12.6. The standard InChI is InChI=1S/C21H30N2O3S/c24-21(22-15-14-18-8-4-3-5-9-18)19-10-12-20(13-11-19)27(25,26)23-16-6-1-2-7-17-23/h8,10-13H,1-7,9,14-17H2,(H,22,24). The van der Waals surface area contributed by atoms with E-state index < -0.39 is 10.0 Å². The molecule has 1 saturated heterocycles. The molecule has 0 spiro atoms. The van der Waals surface area contributed by atoms with Crippen molar-refractivity contribution in [3.63, 3.8) is 0 Å². The van der Waals surface area contributed by atoms with Gasteiger partial charge in [-0.2, -0.15) is 4.31 Å². The molecule has 2 aliphatic rings. The van der Waals surface area contributed by atoms with Gasteiger partial charge in [-0.25, -0.2) is 8.42 Å². The summed E-state index contributed by atoms with van der Waals surface area (Å²) >= 11 is 0. The molecule has 0 atom stereocenters. The van der Waals surface area contributed by atoms with Crippen molar-refractivity contribution in [3.05, 3.63) is 41.5 Å². The van der Waals surface area contributed by atoms with Crippen LogP contribution in [0.2, 0.25) is 0 Å². The number of carbonyl (C=O) groups excluding carboxylic acids is 1. The number of rotatable bonds is 6. The van der Waals surface area contributed by atoms with Crippen LogP contribution < -0.4 is 5.32 Å². The maximum atomic E-state index is 12.8. The predicted molar refractivity (Wildman–Crippen MR) is 107 cm³/mol. The van der Waals surface area contributed by atoms with Crippen molar-refractivity contribution in [2.45, 2.75) is 62.7 Å². The van der Waals surface area contributed by atoms with Crippen molar-refractivity contribution in [3.8, 4) is 0 Å². The molecule has 1 heterocycles. The first kappa shape index (κ1) is 20.1. The fourth-order valence-corrected chi connectivity index (χ4v) is 5.30. The molecule has 1 aromatic rings. The minimum atomic E-state index is -3.47. The molecule has 5 nitrogen and oxygen atoms in total. The molecule has 1 aromatic carbocycles. The molecule has 1 amide bonds. The van der Waals surface area contributed by atoms with E-state index in [4.69, 9.17) is 0 Å². The van der Waals surface area contributed by atoms with Gasteiger partial charge in [0.2, 0.25) is 10.0 Å². The van der Waals surface area contributed by atoms with Gasteiger partial charge in [0.05, 0.1) is 4.90 Å². The van der Waals surface area contributed by atoms with Crippen molar-refractivity contribution >= 4 is 15.9 Å². The first-order valence-corrected chi connectivity index (χ1v) is 11.6. The summed E-state index contributed by atoms with van der Waals surface area (Å²) in [5.41, 5.74) is 1.93. The zero-order chi connectivity index (χ0) is 19.1. The maximum absolute atomic E-state index is 12.8. The van der Waals surface area contributed by atoms with E-state index >= 15 is 0 Å². The van der Waals surface area contributed by atoms with E-state index in [2.05, 4.69) is 11.4 Å². The Morgan fingerprint density at radius 1 is 0.963 bits per heavy atom. The van der Waals surface area contributed by atoms with Crippen molar-refractivity contribution in [2.75, 3.05) is 19.6 Å². The highest BCUT2D eigenvalue weighted by molar-refractivity contribution is 7.89. The van der Waals surface area contributed by atoms with Crippen LogP contribution in [0.5, 0.6) is 0 Å². The minimum absolute atomic E-state index is 0.148. The fourth-order valence-electron chi connectivity index (χ4n) is 3.78. The molecule has 3 rings (SSSR count). The van der Waals surface area contributed by atoms with Crippen molar-refractivity contribution < 1.29 is 13.2 Å². The Balaban J connectivity index is 1.57. The zero-order valence-corrected chi connectivity index (χ0v) is 16.8. The van der Waals surface area contributed by atoms with Gasteiger partial charge in [0.25, 0.3) is 5.91 Å². The lowest BCUT2D eigenvalue weighted by Gasteiger charge is -2.20. The third-order valence-electron chi connectivity index (χ3n) is 5.44. The second-order valence-electron chi connectivity index (χ2n) is 7.46. The van der Waals surface area contributed by atoms with Gasteiger partial charge >= 0.3 is 0 Å². The molecule has 1 fully saturated rings. The van der Waals surface area contributed by atoms with Gasteiger partial charge in [0.1, 0.15) is 0 Å². The summed E-state index contributed by atoms with van der Waals surface area (Å²) in [7, 11) is -3.47. The summed E-state index contributed by atoms with van der Waals surface area (Å²) < 4.78 is 27.2. The number of allylic oxidation sites excluding steroid dienone is 1. The Hall–Kier alpha value is -1.66. The molecule has 0 unspecified atom stereocenters. The molecule has 0 bridgehead atoms. The molecular weight excluding hydrogens is 360 g/mol. The van der Waals surface area contributed by atoms with Gasteiger partial charge in [-0.15, -0.1) is 0 Å². The third kappa shape index (κ3) is 5.42. The van der Waals surface area contributed by atoms with Crippen molar-refractivity contribution in [2.24, 2.45) is 0 Å². The number of carbonyl (C=O) groups is 1. The third-order valence-corrected chi connectivity index (χ3v) is 7.35. The highest BCUT2D eigenvalue weighted by Gasteiger charge is 2.25. The number of nitrogens with zero attached hydrogens (tertiary/aromatic N) is 1. The Bertz CT molecular complexity index is 761. The average Bonchev–Trinajstić information content (AvgIpc) is 2.99. The molecule has 27 heavy (non-hydrogen) atoms. The number of hydrogen-bond donors (Lipinski definition) is 1. The molecule has 0 saturated carbocycles. The lowest BCUT2D eigenvalue weighted by Crippen LogP contribution is -2.32. The highest BCUT2D eigenvalue weighted by atomic mass is 32.2. The van der Waals surface area contributed by atoms with E-state index in [0.29, 0.717) is 25.2 Å². The quantitative estimate of drug-likeness (QED) is 0.750. The average molecular weight is 391 g/mol. The number of sulfonamides is 1. The van der Waals surface area contributed by atoms with Crippen molar-refractivity contribution in [1.29, 1.82) is 0 Å². The Kier molecular flexibility index (Phi) is 7.07. The van der Waals surface area contributed by atoms with Crippen LogP contribution in [0.4, 0.5) is 0 Å². The molecule has 0 radical (unpaired) electrons. The number of benzene rings is 1. The monoisotopic (exact) mass is 390 g/mol. The molecule has 1 aliphatic heterocycles. The van der Waals surface area contributed by atoms with E-state index in [0.717, 1.165) is 44.9 Å². The van der Waals surface area contributed by atoms with Gasteiger partial charge in [0, 0.05) is 25.2 Å². The largest absolute Gasteiger partial charge is 0.352 e. The van der Waals surface area contributed by atoms with Gasteiger partial charge < -0.3 is 5.32 Å². The predicted octanol–water partition coefficient (Wildman–Crippen LogP) is 3.87. The summed E-state index contributed by atoms with van der Waals surface area (Å²) in [5, 5.41) is 2.94. The SMILES string of the molecule is O=C(NCCC1=CCCCC1)c1ccc(S(=O)(=O)N2CCCCCC2)cc1. The van der Waals surface area contributed by atoms with Crippen LogP contribution in [0.1, 0.15) is 68.1 Å². The number of nitrogens with one attached hydrogen (secondary N) is 1. The van der Waals surface area contributed by atoms with E-state index in [-0.39, 0.29) is 10.8 Å². The molecular formula is C21H30N2O3S. The van der Waals surface area contributed by atoms with Crippen LogP contribution in [0.3, 0.4) is 0 Å². The van der Waals surface area contributed by atoms with Crippen LogP contribution in [-0.2, 0) is 10.0 Å². The molecule has 148 valence electrons. The Labute approximate surface area is 162 Å². The van der Waals surface area contributed by atoms with Crippen LogP contribution in [-0.4, -0.2) is 38.3 Å². The summed E-state index contributed by atoms with van der Waals surface area (Å²) in [6.07, 6.45) is 12.0. The van der Waals surface area contributed by atoms with Crippen LogP contribution >= 0.6 is 0 Å². The normalized spacial score (nSPS) is 19.2. The lowest BCUT2D eigenvalue weighted by atomic mass is 9.97. The van der Waals surface area contributed by atoms with Crippen molar-refractivity contribution in [1.82, 2.24) is 9.62 Å². The van der Waals surface area contributed by atoms with E-state index in [1.807, 2.05) is 0 Å². The molecule has 0 aromatic heterocycles. The highest BCUT2D eigenvalue weighted by Crippen LogP contribution is 2.21. The Morgan fingerprint density at radius 2 is 1.67 bits per heavy atom. The summed E-state index contributed by atoms with van der Waals surface area (Å²) in [5.74, 6) is -0.148. The van der Waals surface area contributed by atoms with Crippen LogP contribution in [0, 0.1) is 0 Å². The second-order valence-corrected chi connectivity index (χ2v) is 9.39. The smallest absolute Gasteiger partial charge is 0.251 e. The summed E-state index contributed by atoms with van der Waals surface area (Å²) in [6.45, 7) is 1.79. The number of hydrogen-bond acceptors (Lipinski definition) is 3. The maximum Gasteiger partial charge on any atom is 0.251 e. The lowest BCUT2D eigenvalue weighted by molar-refractivity contribution is 0.0954. The van der Waals surface area contributed by atoms with Gasteiger partial charge in [-0.05, 0) is 69.2 Å². The van der Waals surface area contributed by atoms with E-state index in [1.54, 1.807) is 28.6 Å². The van der Waals surface area contributed by atoms with E-state index in [9.17, 15) is 13.2 Å². The fraction of sp³-hybridized carbons (Fsp3) is 0.571.